The Morgan fingerprint density at radius 3 is 2.45 bits per heavy atom. The van der Waals surface area contributed by atoms with Crippen LogP contribution in [0, 0.1) is 0 Å². The molecule has 0 bridgehead atoms. The van der Waals surface area contributed by atoms with Gasteiger partial charge in [0.05, 0.1) is 0 Å². The summed E-state index contributed by atoms with van der Waals surface area (Å²) < 4.78 is 5.09. The largest absolute Gasteiger partial charge is 0.444 e. The Morgan fingerprint density at radius 2 is 1.86 bits per heavy atom. The lowest BCUT2D eigenvalue weighted by atomic mass is 10.1. The second kappa shape index (κ2) is 8.22. The first-order chi connectivity index (χ1) is 10.3. The Bertz CT molecular complexity index is 518. The van der Waals surface area contributed by atoms with Crippen LogP contribution in [0.15, 0.2) is 42.6 Å². The highest BCUT2D eigenvalue weighted by Crippen LogP contribution is 2.06. The van der Waals surface area contributed by atoms with Crippen molar-refractivity contribution in [3.8, 4) is 0 Å². The van der Waals surface area contributed by atoms with Crippen molar-refractivity contribution in [1.29, 1.82) is 0 Å². The normalized spacial score (nSPS) is 12.7. The van der Waals surface area contributed by atoms with Crippen LogP contribution < -0.4 is 10.6 Å². The van der Waals surface area contributed by atoms with Crippen LogP contribution >= 0.6 is 0 Å². The molecule has 0 saturated heterocycles. The molecule has 0 aromatic heterocycles. The summed E-state index contributed by atoms with van der Waals surface area (Å²) in [6.45, 7) is 6.90. The van der Waals surface area contributed by atoms with E-state index in [0.717, 1.165) is 12.0 Å². The van der Waals surface area contributed by atoms with E-state index in [2.05, 4.69) is 10.6 Å². The van der Waals surface area contributed by atoms with Gasteiger partial charge in [0.2, 0.25) is 5.91 Å². The number of amides is 2. The smallest absolute Gasteiger partial charge is 0.408 e. The molecule has 0 spiro atoms. The van der Waals surface area contributed by atoms with Crippen molar-refractivity contribution in [3.63, 3.8) is 0 Å². The van der Waals surface area contributed by atoms with Crippen molar-refractivity contribution in [2.24, 2.45) is 0 Å². The Hall–Kier alpha value is -2.30. The van der Waals surface area contributed by atoms with E-state index in [1.807, 2.05) is 36.4 Å². The van der Waals surface area contributed by atoms with E-state index in [1.54, 1.807) is 33.9 Å². The van der Waals surface area contributed by atoms with E-state index in [0.29, 0.717) is 0 Å². The van der Waals surface area contributed by atoms with Crippen LogP contribution in [0.5, 0.6) is 0 Å². The number of allylic oxidation sites excluding steroid dienone is 1. The van der Waals surface area contributed by atoms with E-state index in [1.165, 1.54) is 0 Å². The molecule has 1 atom stereocenters. The summed E-state index contributed by atoms with van der Waals surface area (Å²) in [7, 11) is 0. The second-order valence-electron chi connectivity index (χ2n) is 5.97. The fourth-order valence-electron chi connectivity index (χ4n) is 1.63. The number of hydrogen-bond acceptors (Lipinski definition) is 3. The molecule has 5 heteroatoms. The lowest BCUT2D eigenvalue weighted by Gasteiger charge is -2.21. The number of alkyl carbamates (subject to hydrolysis) is 1. The fourth-order valence-corrected chi connectivity index (χ4v) is 1.63. The van der Waals surface area contributed by atoms with Crippen molar-refractivity contribution < 1.29 is 14.3 Å². The van der Waals surface area contributed by atoms with E-state index >= 15 is 0 Å². The zero-order chi connectivity index (χ0) is 16.6. The minimum Gasteiger partial charge on any atom is -0.444 e. The monoisotopic (exact) mass is 304 g/mol. The maximum absolute atomic E-state index is 11.8. The van der Waals surface area contributed by atoms with Crippen molar-refractivity contribution >= 4 is 12.0 Å². The van der Waals surface area contributed by atoms with Crippen LogP contribution in [0.3, 0.4) is 0 Å². The van der Waals surface area contributed by atoms with Gasteiger partial charge < -0.3 is 15.4 Å². The number of nitrogens with one attached hydrogen (secondary N) is 2. The minimum absolute atomic E-state index is 0.296. The van der Waals surface area contributed by atoms with Crippen molar-refractivity contribution in [3.05, 3.63) is 48.2 Å². The molecule has 1 aromatic rings. The van der Waals surface area contributed by atoms with Crippen LogP contribution in [0.4, 0.5) is 4.79 Å². The molecule has 22 heavy (non-hydrogen) atoms. The van der Waals surface area contributed by atoms with Gasteiger partial charge in [0, 0.05) is 6.20 Å². The van der Waals surface area contributed by atoms with Crippen LogP contribution in [-0.4, -0.2) is 23.6 Å². The molecular weight excluding hydrogens is 280 g/mol. The third-order valence-corrected chi connectivity index (χ3v) is 2.67. The highest BCUT2D eigenvalue weighted by atomic mass is 16.6. The van der Waals surface area contributed by atoms with E-state index < -0.39 is 17.7 Å². The number of hydrogen-bond donors (Lipinski definition) is 2. The summed E-state index contributed by atoms with van der Waals surface area (Å²) in [6, 6.07) is 9.25. The molecule has 5 nitrogen and oxygen atoms in total. The number of ether oxygens (including phenoxy) is 1. The Morgan fingerprint density at radius 1 is 1.23 bits per heavy atom. The van der Waals surface area contributed by atoms with Gasteiger partial charge >= 0.3 is 6.09 Å². The summed E-state index contributed by atoms with van der Waals surface area (Å²) in [5, 5.41) is 5.12. The van der Waals surface area contributed by atoms with E-state index in [-0.39, 0.29) is 5.91 Å². The zero-order valence-electron chi connectivity index (χ0n) is 13.6. The number of carbonyl (C=O) groups is 2. The highest BCUT2D eigenvalue weighted by molar-refractivity contribution is 5.85. The van der Waals surface area contributed by atoms with Crippen LogP contribution in [0.2, 0.25) is 0 Å². The van der Waals surface area contributed by atoms with Gasteiger partial charge in [-0.2, -0.15) is 0 Å². The summed E-state index contributed by atoms with van der Waals surface area (Å²) in [4.78, 5) is 23.4. The number of benzene rings is 1. The number of rotatable bonds is 5. The maximum Gasteiger partial charge on any atom is 0.408 e. The molecule has 0 saturated carbocycles. The number of carbonyl (C=O) groups excluding carboxylic acids is 2. The summed E-state index contributed by atoms with van der Waals surface area (Å²) in [5.41, 5.74) is 0.573. The van der Waals surface area contributed by atoms with Gasteiger partial charge in [0.15, 0.2) is 0 Å². The third kappa shape index (κ3) is 7.47. The first kappa shape index (κ1) is 17.8. The quantitative estimate of drug-likeness (QED) is 0.879. The molecule has 0 radical (unpaired) electrons. The van der Waals surface area contributed by atoms with Gasteiger partial charge in [0.25, 0.3) is 0 Å². The summed E-state index contributed by atoms with van der Waals surface area (Å²) >= 11 is 0. The first-order valence-corrected chi connectivity index (χ1v) is 7.27. The molecule has 0 aliphatic carbocycles. The van der Waals surface area contributed by atoms with Crippen LogP contribution in [-0.2, 0) is 16.0 Å². The van der Waals surface area contributed by atoms with E-state index in [9.17, 15) is 9.59 Å². The molecule has 0 heterocycles. The SMILES string of the molecule is C[C@@H](NC(=O)OC(C)(C)C)C(=O)N/C=C\Cc1ccccc1. The van der Waals surface area contributed by atoms with Gasteiger partial charge in [-0.25, -0.2) is 4.79 Å². The molecule has 2 N–H and O–H groups in total. The molecule has 1 rings (SSSR count). The molecule has 2 amide bonds. The predicted molar refractivity (Wildman–Crippen MR) is 86.3 cm³/mol. The molecule has 1 aromatic carbocycles. The molecular formula is C17H24N2O3. The lowest BCUT2D eigenvalue weighted by molar-refractivity contribution is -0.121. The van der Waals surface area contributed by atoms with Crippen molar-refractivity contribution in [2.75, 3.05) is 0 Å². The van der Waals surface area contributed by atoms with Gasteiger partial charge in [-0.3, -0.25) is 4.79 Å². The molecule has 0 aliphatic heterocycles. The average Bonchev–Trinajstić information content (AvgIpc) is 2.42. The van der Waals surface area contributed by atoms with Crippen molar-refractivity contribution in [2.45, 2.75) is 45.8 Å². The Labute approximate surface area is 131 Å². The standard InChI is InChI=1S/C17H24N2O3/c1-13(19-16(21)22-17(2,3)4)15(20)18-12-8-11-14-9-6-5-7-10-14/h5-10,12-13H,11H2,1-4H3,(H,18,20)(H,19,21)/b12-8-/t13-/m1/s1. The summed E-state index contributed by atoms with van der Waals surface area (Å²) in [6.07, 6.45) is 3.56. The van der Waals surface area contributed by atoms with Crippen LogP contribution in [0.1, 0.15) is 33.3 Å². The topological polar surface area (TPSA) is 67.4 Å². The minimum atomic E-state index is -0.670. The zero-order valence-corrected chi connectivity index (χ0v) is 13.6. The fraction of sp³-hybridized carbons (Fsp3) is 0.412. The molecule has 0 aliphatic rings. The average molecular weight is 304 g/mol. The maximum atomic E-state index is 11.8. The lowest BCUT2D eigenvalue weighted by Crippen LogP contribution is -2.45. The molecule has 120 valence electrons. The van der Waals surface area contributed by atoms with Gasteiger partial charge in [-0.15, -0.1) is 0 Å². The highest BCUT2D eigenvalue weighted by Gasteiger charge is 2.20. The second-order valence-corrected chi connectivity index (χ2v) is 5.97. The Balaban J connectivity index is 2.33. The molecule has 0 fully saturated rings. The van der Waals surface area contributed by atoms with Gasteiger partial charge in [0.1, 0.15) is 11.6 Å². The third-order valence-electron chi connectivity index (χ3n) is 2.67. The molecule has 0 unspecified atom stereocenters. The summed E-state index contributed by atoms with van der Waals surface area (Å²) in [5.74, 6) is -0.296. The van der Waals surface area contributed by atoms with Gasteiger partial charge in [-0.1, -0.05) is 36.4 Å². The van der Waals surface area contributed by atoms with Crippen LogP contribution in [0.25, 0.3) is 0 Å². The predicted octanol–water partition coefficient (Wildman–Crippen LogP) is 2.77. The van der Waals surface area contributed by atoms with Gasteiger partial charge in [-0.05, 0) is 39.7 Å². The van der Waals surface area contributed by atoms with Crippen molar-refractivity contribution in [1.82, 2.24) is 10.6 Å². The van der Waals surface area contributed by atoms with E-state index in [4.69, 9.17) is 4.74 Å². The Kier molecular flexibility index (Phi) is 6.63. The first-order valence-electron chi connectivity index (χ1n) is 7.27.